The minimum atomic E-state index is -3.86. The first-order valence-electron chi connectivity index (χ1n) is 4.92. The van der Waals surface area contributed by atoms with Crippen LogP contribution in [-0.4, -0.2) is 26.7 Å². The average Bonchev–Trinajstić information content (AvgIpc) is 2.30. The Morgan fingerprint density at radius 3 is 2.61 bits per heavy atom. The number of nitrogen functional groups attached to an aromatic ring is 1. The van der Waals surface area contributed by atoms with E-state index in [1.54, 1.807) is 12.1 Å². The summed E-state index contributed by atoms with van der Waals surface area (Å²) >= 11 is 3.18. The molecule has 1 atom stereocenters. The van der Waals surface area contributed by atoms with Gasteiger partial charge in [0, 0.05) is 10.2 Å². The predicted molar refractivity (Wildman–Crippen MR) is 72.6 cm³/mol. The zero-order valence-corrected chi connectivity index (χ0v) is 12.2. The molecule has 1 aromatic carbocycles. The van der Waals surface area contributed by atoms with E-state index >= 15 is 0 Å². The van der Waals surface area contributed by atoms with Crippen LogP contribution < -0.4 is 10.5 Å². The summed E-state index contributed by atoms with van der Waals surface area (Å²) in [5.41, 5.74) is 6.34. The van der Waals surface area contributed by atoms with Crippen molar-refractivity contribution in [3.05, 3.63) is 22.7 Å². The minimum Gasteiger partial charge on any atom is -0.468 e. The van der Waals surface area contributed by atoms with Crippen molar-refractivity contribution in [2.24, 2.45) is 0 Å². The van der Waals surface area contributed by atoms with Crippen molar-refractivity contribution in [1.82, 2.24) is 0 Å². The molecule has 0 saturated carbocycles. The van der Waals surface area contributed by atoms with Gasteiger partial charge in [-0.2, -0.15) is 0 Å². The highest BCUT2D eigenvalue weighted by Gasteiger charge is 2.29. The Kier molecular flexibility index (Phi) is 4.58. The fraction of sp³-hybridized carbons (Fsp3) is 0.300. The van der Waals surface area contributed by atoms with Crippen molar-refractivity contribution in [1.29, 1.82) is 0 Å². The second kappa shape index (κ2) is 5.57. The van der Waals surface area contributed by atoms with Gasteiger partial charge in [-0.25, -0.2) is 8.42 Å². The highest BCUT2D eigenvalue weighted by atomic mass is 79.9. The van der Waals surface area contributed by atoms with Gasteiger partial charge in [-0.15, -0.1) is 0 Å². The van der Waals surface area contributed by atoms with E-state index in [0.717, 1.165) is 7.11 Å². The van der Waals surface area contributed by atoms with Crippen molar-refractivity contribution in [2.75, 3.05) is 17.6 Å². The van der Waals surface area contributed by atoms with Crippen LogP contribution in [0, 0.1) is 0 Å². The maximum atomic E-state index is 11.9. The molecular weight excluding hydrogens is 324 g/mol. The smallest absolute Gasteiger partial charge is 0.325 e. The summed E-state index contributed by atoms with van der Waals surface area (Å²) in [6.45, 7) is 1.25. The summed E-state index contributed by atoms with van der Waals surface area (Å²) in [7, 11) is -2.72. The van der Waals surface area contributed by atoms with Crippen molar-refractivity contribution in [3.8, 4) is 0 Å². The number of sulfonamides is 1. The number of ether oxygens (including phenoxy) is 1. The number of methoxy groups -OCH3 is 1. The minimum absolute atomic E-state index is 0.306. The van der Waals surface area contributed by atoms with Crippen LogP contribution in [-0.2, 0) is 19.6 Å². The Hall–Kier alpha value is -1.28. The molecule has 1 aromatic rings. The molecule has 3 N–H and O–H groups in total. The molecular formula is C10H13BrN2O4S. The SMILES string of the molecule is COC(=O)C(C)S(=O)(=O)Nc1ccc(N)cc1Br. The summed E-state index contributed by atoms with van der Waals surface area (Å²) < 4.78 is 30.9. The Balaban J connectivity index is 2.99. The highest BCUT2D eigenvalue weighted by Crippen LogP contribution is 2.26. The van der Waals surface area contributed by atoms with E-state index in [4.69, 9.17) is 5.73 Å². The monoisotopic (exact) mass is 336 g/mol. The standard InChI is InChI=1S/C10H13BrN2O4S/c1-6(10(14)17-2)18(15,16)13-9-4-3-7(12)5-8(9)11/h3-6,13H,12H2,1-2H3. The van der Waals surface area contributed by atoms with Crippen molar-refractivity contribution < 1.29 is 17.9 Å². The molecule has 0 aliphatic heterocycles. The first-order chi connectivity index (χ1) is 8.27. The van der Waals surface area contributed by atoms with Gasteiger partial charge in [0.25, 0.3) is 0 Å². The van der Waals surface area contributed by atoms with Crippen molar-refractivity contribution >= 4 is 43.3 Å². The van der Waals surface area contributed by atoms with Gasteiger partial charge in [-0.05, 0) is 41.1 Å². The number of anilines is 2. The number of hydrogen-bond acceptors (Lipinski definition) is 5. The summed E-state index contributed by atoms with van der Waals surface area (Å²) in [5.74, 6) is -0.825. The third-order valence-corrected chi connectivity index (χ3v) is 4.53. The summed E-state index contributed by atoms with van der Waals surface area (Å²) in [4.78, 5) is 11.2. The second-order valence-corrected chi connectivity index (χ2v) is 6.41. The lowest BCUT2D eigenvalue weighted by molar-refractivity contribution is -0.139. The van der Waals surface area contributed by atoms with Gasteiger partial charge in [-0.3, -0.25) is 9.52 Å². The number of nitrogens with two attached hydrogens (primary N) is 1. The van der Waals surface area contributed by atoms with Crippen LogP contribution in [0.3, 0.4) is 0 Å². The number of nitrogens with one attached hydrogen (secondary N) is 1. The van der Waals surface area contributed by atoms with Crippen molar-refractivity contribution in [3.63, 3.8) is 0 Å². The summed E-state index contributed by atoms with van der Waals surface area (Å²) in [5, 5.41) is -1.30. The average molecular weight is 337 g/mol. The molecule has 0 fully saturated rings. The predicted octanol–water partition coefficient (Wildman–Crippen LogP) is 1.33. The van der Waals surface area contributed by atoms with Gasteiger partial charge < -0.3 is 10.5 Å². The van der Waals surface area contributed by atoms with Crippen LogP contribution in [0.25, 0.3) is 0 Å². The molecule has 0 heterocycles. The number of carbonyl (C=O) groups is 1. The fourth-order valence-corrected chi connectivity index (χ4v) is 2.79. The Bertz CT molecular complexity index is 559. The van der Waals surface area contributed by atoms with Gasteiger partial charge in [0.15, 0.2) is 5.25 Å². The van der Waals surface area contributed by atoms with Gasteiger partial charge in [0.2, 0.25) is 10.0 Å². The number of halogens is 1. The molecule has 1 unspecified atom stereocenters. The Morgan fingerprint density at radius 1 is 1.50 bits per heavy atom. The molecule has 0 saturated heterocycles. The molecule has 0 amide bonds. The van der Waals surface area contributed by atoms with Crippen LogP contribution in [0.1, 0.15) is 6.92 Å². The zero-order chi connectivity index (χ0) is 13.9. The third-order valence-electron chi connectivity index (χ3n) is 2.24. The molecule has 8 heteroatoms. The van der Waals surface area contributed by atoms with Crippen LogP contribution in [0.2, 0.25) is 0 Å². The third kappa shape index (κ3) is 3.36. The van der Waals surface area contributed by atoms with Gasteiger partial charge in [0.05, 0.1) is 12.8 Å². The number of benzene rings is 1. The molecule has 0 radical (unpaired) electrons. The van der Waals surface area contributed by atoms with E-state index in [0.29, 0.717) is 15.8 Å². The van der Waals surface area contributed by atoms with E-state index in [1.165, 1.54) is 13.0 Å². The molecule has 0 aromatic heterocycles. The van der Waals surface area contributed by atoms with Gasteiger partial charge in [0.1, 0.15) is 0 Å². The maximum Gasteiger partial charge on any atom is 0.325 e. The topological polar surface area (TPSA) is 98.5 Å². The lowest BCUT2D eigenvalue weighted by atomic mass is 10.3. The first-order valence-corrected chi connectivity index (χ1v) is 7.26. The van der Waals surface area contributed by atoms with E-state index in [2.05, 4.69) is 25.4 Å². The van der Waals surface area contributed by atoms with Gasteiger partial charge in [-0.1, -0.05) is 0 Å². The Labute approximate surface area is 114 Å². The molecule has 18 heavy (non-hydrogen) atoms. The number of carbonyl (C=O) groups excluding carboxylic acids is 1. The van der Waals surface area contributed by atoms with Crippen LogP contribution in [0.5, 0.6) is 0 Å². The van der Waals surface area contributed by atoms with E-state index in [-0.39, 0.29) is 0 Å². The normalized spacial score (nSPS) is 12.8. The molecule has 100 valence electrons. The molecule has 1 rings (SSSR count). The maximum absolute atomic E-state index is 11.9. The molecule has 0 aliphatic rings. The van der Waals surface area contributed by atoms with Crippen molar-refractivity contribution in [2.45, 2.75) is 12.2 Å². The number of hydrogen-bond donors (Lipinski definition) is 2. The molecule has 0 aliphatic carbocycles. The van der Waals surface area contributed by atoms with Crippen LogP contribution >= 0.6 is 15.9 Å². The molecule has 0 spiro atoms. The van der Waals surface area contributed by atoms with Crippen LogP contribution in [0.4, 0.5) is 11.4 Å². The summed E-state index contributed by atoms with van der Waals surface area (Å²) in [6.07, 6.45) is 0. The molecule has 6 nitrogen and oxygen atoms in total. The quantitative estimate of drug-likeness (QED) is 0.638. The number of esters is 1. The van der Waals surface area contributed by atoms with E-state index in [9.17, 15) is 13.2 Å². The molecule has 0 bridgehead atoms. The number of rotatable bonds is 4. The lowest BCUT2D eigenvalue weighted by Gasteiger charge is -2.14. The lowest BCUT2D eigenvalue weighted by Crippen LogP contribution is -2.33. The van der Waals surface area contributed by atoms with E-state index < -0.39 is 21.2 Å². The largest absolute Gasteiger partial charge is 0.468 e. The fourth-order valence-electron chi connectivity index (χ4n) is 1.15. The Morgan fingerprint density at radius 2 is 2.11 bits per heavy atom. The van der Waals surface area contributed by atoms with Crippen LogP contribution in [0.15, 0.2) is 22.7 Å². The zero-order valence-electron chi connectivity index (χ0n) is 9.81. The van der Waals surface area contributed by atoms with E-state index in [1.807, 2.05) is 0 Å². The first kappa shape index (κ1) is 14.8. The van der Waals surface area contributed by atoms with Gasteiger partial charge >= 0.3 is 5.97 Å². The second-order valence-electron chi connectivity index (χ2n) is 3.55. The summed E-state index contributed by atoms with van der Waals surface area (Å²) in [6, 6.07) is 4.60. The highest BCUT2D eigenvalue weighted by molar-refractivity contribution is 9.10.